The summed E-state index contributed by atoms with van der Waals surface area (Å²) in [6.45, 7) is 2.85. The number of carbonyl (C=O) groups is 1. The van der Waals surface area contributed by atoms with E-state index in [9.17, 15) is 13.2 Å². The fraction of sp³-hybridized carbons (Fsp3) is 0.350. The van der Waals surface area contributed by atoms with Gasteiger partial charge in [-0.15, -0.1) is 0 Å². The molecule has 0 bridgehead atoms. The predicted octanol–water partition coefficient (Wildman–Crippen LogP) is 5.12. The Morgan fingerprint density at radius 1 is 0.964 bits per heavy atom. The summed E-state index contributed by atoms with van der Waals surface area (Å²) < 4.78 is 27.5. The lowest BCUT2D eigenvalue weighted by Crippen LogP contribution is -2.32. The molecule has 28 heavy (non-hydrogen) atoms. The average molecular weight is 441 g/mol. The van der Waals surface area contributed by atoms with Gasteiger partial charge in [-0.1, -0.05) is 42.1 Å². The number of aryl methyl sites for hydroxylation is 1. The quantitative estimate of drug-likeness (QED) is 0.716. The first-order valence-electron chi connectivity index (χ1n) is 9.16. The molecule has 0 unspecified atom stereocenters. The molecule has 1 heterocycles. The van der Waals surface area contributed by atoms with Crippen LogP contribution < -0.4 is 5.32 Å². The molecule has 0 aliphatic carbocycles. The maximum atomic E-state index is 13.0. The van der Waals surface area contributed by atoms with Crippen molar-refractivity contribution in [1.29, 1.82) is 0 Å². The number of rotatable bonds is 4. The lowest BCUT2D eigenvalue weighted by molar-refractivity contribution is 0.102. The third-order valence-corrected chi connectivity index (χ3v) is 7.45. The van der Waals surface area contributed by atoms with Crippen LogP contribution in [0.5, 0.6) is 0 Å². The first kappa shape index (κ1) is 21.1. The molecule has 8 heteroatoms. The van der Waals surface area contributed by atoms with Crippen molar-refractivity contribution >= 4 is 44.8 Å². The molecule has 1 aliphatic rings. The number of hydrogen-bond acceptors (Lipinski definition) is 3. The second kappa shape index (κ2) is 8.82. The summed E-state index contributed by atoms with van der Waals surface area (Å²) in [5.74, 6) is -0.488. The van der Waals surface area contributed by atoms with Gasteiger partial charge in [0, 0.05) is 23.8 Å². The summed E-state index contributed by atoms with van der Waals surface area (Å²) in [6.07, 6.45) is 3.74. The van der Waals surface area contributed by atoms with E-state index >= 15 is 0 Å². The minimum atomic E-state index is -3.67. The average Bonchev–Trinajstić information content (AvgIpc) is 2.95. The third-order valence-electron chi connectivity index (χ3n) is 4.81. The molecule has 0 radical (unpaired) electrons. The van der Waals surface area contributed by atoms with E-state index in [-0.39, 0.29) is 15.5 Å². The minimum Gasteiger partial charge on any atom is -0.322 e. The highest BCUT2D eigenvalue weighted by molar-refractivity contribution is 7.89. The second-order valence-electron chi connectivity index (χ2n) is 6.88. The van der Waals surface area contributed by atoms with Crippen molar-refractivity contribution in [2.24, 2.45) is 0 Å². The van der Waals surface area contributed by atoms with E-state index in [1.165, 1.54) is 22.5 Å². The van der Waals surface area contributed by atoms with Crippen molar-refractivity contribution < 1.29 is 13.2 Å². The van der Waals surface area contributed by atoms with Crippen LogP contribution in [-0.4, -0.2) is 31.7 Å². The van der Waals surface area contributed by atoms with Gasteiger partial charge in [0.1, 0.15) is 0 Å². The van der Waals surface area contributed by atoms with E-state index in [1.54, 1.807) is 18.2 Å². The first-order chi connectivity index (χ1) is 13.3. The number of hydrogen-bond donors (Lipinski definition) is 1. The van der Waals surface area contributed by atoms with Gasteiger partial charge in [-0.3, -0.25) is 4.79 Å². The maximum Gasteiger partial charge on any atom is 0.257 e. The maximum absolute atomic E-state index is 13.0. The largest absolute Gasteiger partial charge is 0.322 e. The molecule has 2 aromatic rings. The Morgan fingerprint density at radius 2 is 1.64 bits per heavy atom. The molecule has 1 aliphatic heterocycles. The zero-order valence-corrected chi connectivity index (χ0v) is 17.9. The van der Waals surface area contributed by atoms with Gasteiger partial charge in [-0.2, -0.15) is 4.31 Å². The molecule has 0 spiro atoms. The van der Waals surface area contributed by atoms with E-state index in [0.29, 0.717) is 23.8 Å². The van der Waals surface area contributed by atoms with Crippen LogP contribution in [0.1, 0.15) is 41.6 Å². The van der Waals surface area contributed by atoms with Crippen LogP contribution in [0, 0.1) is 6.92 Å². The number of nitrogens with zero attached hydrogens (tertiary/aromatic N) is 1. The summed E-state index contributed by atoms with van der Waals surface area (Å²) in [5.41, 5.74) is 1.51. The summed E-state index contributed by atoms with van der Waals surface area (Å²) in [7, 11) is -3.67. The van der Waals surface area contributed by atoms with E-state index in [1.807, 2.05) is 6.92 Å². The molecular formula is C20H22Cl2N2O3S. The number of amides is 1. The van der Waals surface area contributed by atoms with Gasteiger partial charge in [-0.05, 0) is 55.7 Å². The highest BCUT2D eigenvalue weighted by Gasteiger charge is 2.26. The fourth-order valence-corrected chi connectivity index (χ4v) is 5.07. The normalized spacial score (nSPS) is 15.8. The lowest BCUT2D eigenvalue weighted by atomic mass is 10.2. The number of anilines is 1. The Hall–Kier alpha value is -1.60. The number of sulfonamides is 1. The van der Waals surface area contributed by atoms with E-state index < -0.39 is 15.9 Å². The van der Waals surface area contributed by atoms with Crippen LogP contribution in [0.3, 0.4) is 0 Å². The molecule has 1 fully saturated rings. The van der Waals surface area contributed by atoms with Gasteiger partial charge in [0.15, 0.2) is 0 Å². The number of halogens is 2. The van der Waals surface area contributed by atoms with E-state index in [4.69, 9.17) is 23.2 Å². The minimum absolute atomic E-state index is 0.0749. The molecule has 2 aromatic carbocycles. The smallest absolute Gasteiger partial charge is 0.257 e. The molecule has 0 atom stereocenters. The molecule has 5 nitrogen and oxygen atoms in total. The molecule has 1 N–H and O–H groups in total. The Kier molecular flexibility index (Phi) is 6.65. The molecule has 0 aromatic heterocycles. The Labute approximate surface area is 175 Å². The van der Waals surface area contributed by atoms with Crippen molar-refractivity contribution in [3.05, 3.63) is 57.6 Å². The lowest BCUT2D eigenvalue weighted by Gasteiger charge is -2.20. The van der Waals surface area contributed by atoms with Crippen molar-refractivity contribution in [2.45, 2.75) is 37.5 Å². The molecule has 0 saturated carbocycles. The predicted molar refractivity (Wildman–Crippen MR) is 113 cm³/mol. The van der Waals surface area contributed by atoms with Gasteiger partial charge in [-0.25, -0.2) is 8.42 Å². The summed E-state index contributed by atoms with van der Waals surface area (Å²) in [5, 5.41) is 3.43. The number of nitrogens with one attached hydrogen (secondary N) is 1. The van der Waals surface area contributed by atoms with Gasteiger partial charge in [0.25, 0.3) is 5.91 Å². The molecule has 1 saturated heterocycles. The molecule has 1 amide bonds. The van der Waals surface area contributed by atoms with Crippen molar-refractivity contribution in [3.8, 4) is 0 Å². The second-order valence-corrected chi connectivity index (χ2v) is 9.63. The topological polar surface area (TPSA) is 66.5 Å². The number of carbonyl (C=O) groups excluding carboxylic acids is 1. The van der Waals surface area contributed by atoms with Gasteiger partial charge in [0.2, 0.25) is 10.0 Å². The van der Waals surface area contributed by atoms with Gasteiger partial charge in [0.05, 0.1) is 15.5 Å². The van der Waals surface area contributed by atoms with Crippen LogP contribution in [0.25, 0.3) is 0 Å². The zero-order valence-electron chi connectivity index (χ0n) is 15.5. The monoisotopic (exact) mass is 440 g/mol. The zero-order chi connectivity index (χ0) is 20.3. The van der Waals surface area contributed by atoms with Gasteiger partial charge < -0.3 is 5.32 Å². The summed E-state index contributed by atoms with van der Waals surface area (Å²) in [6, 6.07) is 9.39. The standard InChI is InChI=1S/C20H22Cl2N2O3S/c1-14-6-7-15(12-19(14)22)23-20(25)17-13-16(8-9-18(17)21)28(26,27)24-10-4-2-3-5-11-24/h6-9,12-13H,2-5,10-11H2,1H3,(H,23,25). The van der Waals surface area contributed by atoms with Crippen LogP contribution in [0.4, 0.5) is 5.69 Å². The SMILES string of the molecule is Cc1ccc(NC(=O)c2cc(S(=O)(=O)N3CCCCCC3)ccc2Cl)cc1Cl. The van der Waals surface area contributed by atoms with Crippen molar-refractivity contribution in [3.63, 3.8) is 0 Å². The first-order valence-corrected chi connectivity index (χ1v) is 11.4. The van der Waals surface area contributed by atoms with Crippen molar-refractivity contribution in [2.75, 3.05) is 18.4 Å². The molecule has 150 valence electrons. The van der Waals surface area contributed by atoms with E-state index in [2.05, 4.69) is 5.32 Å². The Bertz CT molecular complexity index is 985. The Balaban J connectivity index is 1.88. The highest BCUT2D eigenvalue weighted by atomic mass is 35.5. The Morgan fingerprint density at radius 3 is 2.29 bits per heavy atom. The van der Waals surface area contributed by atoms with Crippen LogP contribution in [-0.2, 0) is 10.0 Å². The van der Waals surface area contributed by atoms with E-state index in [0.717, 1.165) is 31.2 Å². The highest BCUT2D eigenvalue weighted by Crippen LogP contribution is 2.26. The van der Waals surface area contributed by atoms with Crippen LogP contribution in [0.15, 0.2) is 41.3 Å². The molecular weight excluding hydrogens is 419 g/mol. The molecule has 3 rings (SSSR count). The van der Waals surface area contributed by atoms with Crippen LogP contribution >= 0.6 is 23.2 Å². The fourth-order valence-electron chi connectivity index (χ4n) is 3.14. The number of benzene rings is 2. The van der Waals surface area contributed by atoms with Crippen molar-refractivity contribution in [1.82, 2.24) is 4.31 Å². The summed E-state index contributed by atoms with van der Waals surface area (Å²) in [4.78, 5) is 12.8. The van der Waals surface area contributed by atoms with Crippen LogP contribution in [0.2, 0.25) is 10.0 Å². The summed E-state index contributed by atoms with van der Waals surface area (Å²) >= 11 is 12.3. The third kappa shape index (κ3) is 4.69. The van der Waals surface area contributed by atoms with Gasteiger partial charge >= 0.3 is 0 Å².